The van der Waals surface area contributed by atoms with Crippen LogP contribution in [0.3, 0.4) is 0 Å². The zero-order valence-electron chi connectivity index (χ0n) is 14.8. The van der Waals surface area contributed by atoms with Gasteiger partial charge in [-0.25, -0.2) is 0 Å². The van der Waals surface area contributed by atoms with E-state index in [2.05, 4.69) is 30.9 Å². The average Bonchev–Trinajstić information content (AvgIpc) is 2.94. The van der Waals surface area contributed by atoms with Crippen molar-refractivity contribution in [3.63, 3.8) is 0 Å². The largest absolute Gasteiger partial charge is 0.493 e. The number of methoxy groups -OCH3 is 2. The van der Waals surface area contributed by atoms with E-state index in [1.54, 1.807) is 14.2 Å². The molecule has 0 unspecified atom stereocenters. The Morgan fingerprint density at radius 3 is 2.57 bits per heavy atom. The van der Waals surface area contributed by atoms with Crippen LogP contribution in [0.15, 0.2) is 18.2 Å². The standard InChI is InChI=1S/C19H30N2O2/c1-13(2)21-10-9-19(8-7-15(20)12-18(19)21)14-5-6-16(22-3)17(11-14)23-4/h5-6,11,13,15,18H,7-10,12,20H2,1-4H3/t15-,18+,19+/m1/s1. The van der Waals surface area contributed by atoms with Gasteiger partial charge in [-0.3, -0.25) is 4.90 Å². The molecule has 2 aliphatic rings. The first-order chi connectivity index (χ1) is 11.0. The fourth-order valence-electron chi connectivity index (χ4n) is 4.71. The molecule has 0 amide bonds. The number of nitrogens with zero attached hydrogens (tertiary/aromatic N) is 1. The lowest BCUT2D eigenvalue weighted by molar-refractivity contribution is 0.119. The minimum absolute atomic E-state index is 0.208. The second-order valence-corrected chi connectivity index (χ2v) is 7.36. The highest BCUT2D eigenvalue weighted by Crippen LogP contribution is 2.50. The maximum atomic E-state index is 6.32. The molecule has 4 heteroatoms. The molecular formula is C19H30N2O2. The van der Waals surface area contributed by atoms with E-state index >= 15 is 0 Å². The van der Waals surface area contributed by atoms with Gasteiger partial charge in [-0.05, 0) is 63.8 Å². The topological polar surface area (TPSA) is 47.7 Å². The van der Waals surface area contributed by atoms with Gasteiger partial charge in [0.1, 0.15) is 0 Å². The highest BCUT2D eigenvalue weighted by molar-refractivity contribution is 5.46. The third-order valence-electron chi connectivity index (χ3n) is 5.96. The van der Waals surface area contributed by atoms with Crippen LogP contribution < -0.4 is 15.2 Å². The highest BCUT2D eigenvalue weighted by atomic mass is 16.5. The van der Waals surface area contributed by atoms with Gasteiger partial charge >= 0.3 is 0 Å². The molecule has 0 bridgehead atoms. The average molecular weight is 318 g/mol. The molecule has 4 nitrogen and oxygen atoms in total. The normalized spacial score (nSPS) is 31.2. The van der Waals surface area contributed by atoms with E-state index < -0.39 is 0 Å². The predicted molar refractivity (Wildman–Crippen MR) is 93.3 cm³/mol. The van der Waals surface area contributed by atoms with E-state index in [0.29, 0.717) is 18.1 Å². The van der Waals surface area contributed by atoms with Crippen molar-refractivity contribution in [2.45, 2.75) is 63.1 Å². The highest BCUT2D eigenvalue weighted by Gasteiger charge is 2.51. The first-order valence-corrected chi connectivity index (χ1v) is 8.75. The third kappa shape index (κ3) is 2.72. The van der Waals surface area contributed by atoms with Crippen molar-refractivity contribution in [3.8, 4) is 11.5 Å². The van der Waals surface area contributed by atoms with Crippen molar-refractivity contribution >= 4 is 0 Å². The quantitative estimate of drug-likeness (QED) is 0.927. The molecule has 0 spiro atoms. The summed E-state index contributed by atoms with van der Waals surface area (Å²) in [6, 6.07) is 7.89. The number of ether oxygens (including phenoxy) is 2. The van der Waals surface area contributed by atoms with E-state index in [-0.39, 0.29) is 5.41 Å². The lowest BCUT2D eigenvalue weighted by Gasteiger charge is -2.45. The molecule has 3 atom stereocenters. The first kappa shape index (κ1) is 16.6. The van der Waals surface area contributed by atoms with Crippen LogP contribution in [0.2, 0.25) is 0 Å². The Morgan fingerprint density at radius 2 is 1.91 bits per heavy atom. The lowest BCUT2D eigenvalue weighted by atomic mass is 9.65. The van der Waals surface area contributed by atoms with E-state index in [9.17, 15) is 0 Å². The van der Waals surface area contributed by atoms with Gasteiger partial charge in [0, 0.05) is 23.5 Å². The second kappa shape index (κ2) is 6.33. The summed E-state index contributed by atoms with van der Waals surface area (Å²) < 4.78 is 11.0. The number of benzene rings is 1. The molecule has 1 aliphatic heterocycles. The van der Waals surface area contributed by atoms with Gasteiger partial charge in [0.25, 0.3) is 0 Å². The molecule has 2 N–H and O–H groups in total. The number of nitrogens with two attached hydrogens (primary N) is 1. The number of hydrogen-bond acceptors (Lipinski definition) is 4. The van der Waals surface area contributed by atoms with Gasteiger partial charge < -0.3 is 15.2 Å². The summed E-state index contributed by atoms with van der Waals surface area (Å²) in [4.78, 5) is 2.65. The maximum absolute atomic E-state index is 6.32. The maximum Gasteiger partial charge on any atom is 0.161 e. The summed E-state index contributed by atoms with van der Waals surface area (Å²) in [5.41, 5.74) is 7.91. The minimum Gasteiger partial charge on any atom is -0.493 e. The predicted octanol–water partition coefficient (Wildman–Crippen LogP) is 2.94. The van der Waals surface area contributed by atoms with Gasteiger partial charge in [-0.15, -0.1) is 0 Å². The number of hydrogen-bond donors (Lipinski definition) is 1. The molecule has 2 fully saturated rings. The van der Waals surface area contributed by atoms with Crippen LogP contribution in [-0.4, -0.2) is 43.8 Å². The molecule has 1 aliphatic carbocycles. The van der Waals surface area contributed by atoms with Crippen LogP contribution >= 0.6 is 0 Å². The zero-order chi connectivity index (χ0) is 16.6. The smallest absolute Gasteiger partial charge is 0.161 e. The molecule has 1 aromatic carbocycles. The number of fused-ring (bicyclic) bond motifs is 1. The Labute approximate surface area is 139 Å². The fraction of sp³-hybridized carbons (Fsp3) is 0.684. The molecule has 1 saturated carbocycles. The van der Waals surface area contributed by atoms with Gasteiger partial charge in [0.05, 0.1) is 14.2 Å². The molecule has 0 aromatic heterocycles. The summed E-state index contributed by atoms with van der Waals surface area (Å²) in [7, 11) is 3.40. The molecule has 1 heterocycles. The van der Waals surface area contributed by atoms with Crippen LogP contribution in [0.5, 0.6) is 11.5 Å². The Balaban J connectivity index is 2.01. The summed E-state index contributed by atoms with van der Waals surface area (Å²) in [5.74, 6) is 1.63. The van der Waals surface area contributed by atoms with E-state index in [0.717, 1.165) is 37.3 Å². The van der Waals surface area contributed by atoms with Crippen LogP contribution in [0.1, 0.15) is 45.1 Å². The number of rotatable bonds is 4. The summed E-state index contributed by atoms with van der Waals surface area (Å²) in [6.07, 6.45) is 4.57. The Bertz CT molecular complexity index is 560. The van der Waals surface area contributed by atoms with E-state index in [1.165, 1.54) is 12.0 Å². The number of likely N-dealkylation sites (tertiary alicyclic amines) is 1. The first-order valence-electron chi connectivity index (χ1n) is 8.75. The molecule has 23 heavy (non-hydrogen) atoms. The van der Waals surface area contributed by atoms with Crippen LogP contribution in [0.25, 0.3) is 0 Å². The van der Waals surface area contributed by atoms with Crippen LogP contribution in [0.4, 0.5) is 0 Å². The van der Waals surface area contributed by atoms with E-state index in [1.807, 2.05) is 6.07 Å². The van der Waals surface area contributed by atoms with Gasteiger partial charge in [-0.1, -0.05) is 6.07 Å². The monoisotopic (exact) mass is 318 g/mol. The summed E-state index contributed by atoms with van der Waals surface area (Å²) in [6.45, 7) is 5.75. The van der Waals surface area contributed by atoms with E-state index in [4.69, 9.17) is 15.2 Å². The Hall–Kier alpha value is -1.26. The van der Waals surface area contributed by atoms with Crippen molar-refractivity contribution in [3.05, 3.63) is 23.8 Å². The Morgan fingerprint density at radius 1 is 1.17 bits per heavy atom. The molecule has 1 aromatic rings. The lowest BCUT2D eigenvalue weighted by Crippen LogP contribution is -2.51. The Kier molecular flexibility index (Phi) is 4.56. The van der Waals surface area contributed by atoms with Gasteiger partial charge in [0.15, 0.2) is 11.5 Å². The van der Waals surface area contributed by atoms with Crippen LogP contribution in [0, 0.1) is 0 Å². The second-order valence-electron chi connectivity index (χ2n) is 7.36. The molecule has 3 rings (SSSR count). The molecule has 0 radical (unpaired) electrons. The minimum atomic E-state index is 0.208. The van der Waals surface area contributed by atoms with Crippen molar-refractivity contribution in [2.75, 3.05) is 20.8 Å². The molecule has 1 saturated heterocycles. The van der Waals surface area contributed by atoms with Crippen LogP contribution in [-0.2, 0) is 5.41 Å². The van der Waals surface area contributed by atoms with Crippen molar-refractivity contribution < 1.29 is 9.47 Å². The SMILES string of the molecule is COc1ccc([C@@]23CC[C@@H](N)C[C@@H]2N(C(C)C)CC3)cc1OC. The molecule has 128 valence electrons. The summed E-state index contributed by atoms with van der Waals surface area (Å²) >= 11 is 0. The molecular weight excluding hydrogens is 288 g/mol. The fourth-order valence-corrected chi connectivity index (χ4v) is 4.71. The van der Waals surface area contributed by atoms with Crippen molar-refractivity contribution in [1.82, 2.24) is 4.90 Å². The van der Waals surface area contributed by atoms with Gasteiger partial charge in [0.2, 0.25) is 0 Å². The zero-order valence-corrected chi connectivity index (χ0v) is 14.8. The van der Waals surface area contributed by atoms with Crippen molar-refractivity contribution in [1.29, 1.82) is 0 Å². The van der Waals surface area contributed by atoms with Gasteiger partial charge in [-0.2, -0.15) is 0 Å². The third-order valence-corrected chi connectivity index (χ3v) is 5.96. The van der Waals surface area contributed by atoms with Crippen molar-refractivity contribution in [2.24, 2.45) is 5.73 Å². The summed E-state index contributed by atoms with van der Waals surface area (Å²) in [5, 5.41) is 0.